The van der Waals surface area contributed by atoms with E-state index in [1.54, 1.807) is 50.7 Å². The smallest absolute Gasteiger partial charge is 0.413 e. The maximum absolute atomic E-state index is 12.2. The van der Waals surface area contributed by atoms with Gasteiger partial charge in [-0.05, 0) is 59.6 Å². The van der Waals surface area contributed by atoms with E-state index in [2.05, 4.69) is 20.3 Å². The van der Waals surface area contributed by atoms with Gasteiger partial charge in [-0.3, -0.25) is 10.1 Å². The Labute approximate surface area is 225 Å². The fraction of sp³-hybridized carbons (Fsp3) is 0.480. The monoisotopic (exact) mass is 551 g/mol. The molecular formula is C25H31Cl2N5O5. The van der Waals surface area contributed by atoms with Crippen molar-refractivity contribution in [1.82, 2.24) is 19.5 Å². The fourth-order valence-corrected chi connectivity index (χ4v) is 3.93. The Balaban J connectivity index is 1.79. The molecule has 0 aliphatic heterocycles. The number of benzene rings is 1. The topological polar surface area (TPSA) is 117 Å². The number of nitrogens with zero attached hydrogens (tertiary/aromatic N) is 4. The highest BCUT2D eigenvalue weighted by Gasteiger charge is 2.21. The van der Waals surface area contributed by atoms with Gasteiger partial charge in [-0.1, -0.05) is 23.2 Å². The third kappa shape index (κ3) is 7.93. The molecule has 2 heterocycles. The van der Waals surface area contributed by atoms with Gasteiger partial charge in [0.25, 0.3) is 0 Å². The summed E-state index contributed by atoms with van der Waals surface area (Å²) in [5.41, 5.74) is 0.850. The molecule has 1 atom stereocenters. The number of fused-ring (bicyclic) bond motifs is 1. The van der Waals surface area contributed by atoms with Crippen molar-refractivity contribution in [1.29, 1.82) is 0 Å². The standard InChI is InChI=1S/C25H31Cl2N5O5/c1-6-35-19(33)9-7-8-15(2)36-18-11-10-17(26)20(27)16(18)12-32-14-30-21-22(28-13-29-23(21)32)31-24(34)37-25(3,4)5/h10-11,13-15H,6-9,12H2,1-5H3,(H,28,29,31,34). The van der Waals surface area contributed by atoms with Gasteiger partial charge in [0.05, 0.1) is 35.6 Å². The van der Waals surface area contributed by atoms with Gasteiger partial charge in [0.15, 0.2) is 17.0 Å². The number of nitrogens with one attached hydrogen (secondary N) is 1. The summed E-state index contributed by atoms with van der Waals surface area (Å²) in [5.74, 6) is 0.558. The molecule has 0 spiro atoms. The highest BCUT2D eigenvalue weighted by Crippen LogP contribution is 2.35. The minimum Gasteiger partial charge on any atom is -0.490 e. The Hall–Kier alpha value is -3.11. The van der Waals surface area contributed by atoms with Crippen molar-refractivity contribution >= 4 is 52.2 Å². The second-order valence-electron chi connectivity index (χ2n) is 9.36. The number of ether oxygens (including phenoxy) is 3. The SMILES string of the molecule is CCOC(=O)CCCC(C)Oc1ccc(Cl)c(Cl)c1Cn1cnc2c(NC(=O)OC(C)(C)C)ncnc21. The summed E-state index contributed by atoms with van der Waals surface area (Å²) in [6.45, 7) is 9.63. The normalized spacial score (nSPS) is 12.3. The number of esters is 1. The first-order chi connectivity index (χ1) is 17.5. The Morgan fingerprint density at radius 1 is 1.16 bits per heavy atom. The summed E-state index contributed by atoms with van der Waals surface area (Å²) in [7, 11) is 0. The molecule has 0 bridgehead atoms. The van der Waals surface area contributed by atoms with Crippen molar-refractivity contribution in [3.8, 4) is 5.75 Å². The number of anilines is 1. The van der Waals surface area contributed by atoms with Gasteiger partial charge in [-0.25, -0.2) is 19.7 Å². The molecule has 1 N–H and O–H groups in total. The summed E-state index contributed by atoms with van der Waals surface area (Å²) < 4.78 is 18.2. The lowest BCUT2D eigenvalue weighted by atomic mass is 10.1. The molecule has 2 aromatic heterocycles. The molecule has 10 nitrogen and oxygen atoms in total. The summed E-state index contributed by atoms with van der Waals surface area (Å²) in [6.07, 6.45) is 3.69. The molecule has 1 unspecified atom stereocenters. The maximum atomic E-state index is 12.2. The maximum Gasteiger partial charge on any atom is 0.413 e. The second kappa shape index (κ2) is 12.4. The van der Waals surface area contributed by atoms with Gasteiger partial charge in [0.1, 0.15) is 17.7 Å². The Kier molecular flexibility index (Phi) is 9.56. The average molecular weight is 552 g/mol. The highest BCUT2D eigenvalue weighted by molar-refractivity contribution is 6.42. The van der Waals surface area contributed by atoms with Gasteiger partial charge in [-0.15, -0.1) is 0 Å². The van der Waals surface area contributed by atoms with Crippen LogP contribution in [0.2, 0.25) is 10.0 Å². The lowest BCUT2D eigenvalue weighted by molar-refractivity contribution is -0.143. The zero-order valence-electron chi connectivity index (χ0n) is 21.5. The predicted octanol–water partition coefficient (Wildman–Crippen LogP) is 6.03. The fourth-order valence-electron chi connectivity index (χ4n) is 3.53. The summed E-state index contributed by atoms with van der Waals surface area (Å²) >= 11 is 12.9. The number of aromatic nitrogens is 4. The molecule has 3 aromatic rings. The Bertz CT molecular complexity index is 1260. The van der Waals surface area contributed by atoms with Crippen molar-refractivity contribution in [3.05, 3.63) is 40.4 Å². The highest BCUT2D eigenvalue weighted by atomic mass is 35.5. The molecule has 1 amide bonds. The van der Waals surface area contributed by atoms with E-state index in [9.17, 15) is 9.59 Å². The van der Waals surface area contributed by atoms with Crippen LogP contribution in [0.5, 0.6) is 5.75 Å². The molecule has 200 valence electrons. The van der Waals surface area contributed by atoms with E-state index < -0.39 is 11.7 Å². The average Bonchev–Trinajstić information content (AvgIpc) is 3.21. The Morgan fingerprint density at radius 3 is 2.62 bits per heavy atom. The van der Waals surface area contributed by atoms with Crippen LogP contribution in [0.3, 0.4) is 0 Å². The molecule has 37 heavy (non-hydrogen) atoms. The number of carbonyl (C=O) groups is 2. The number of amides is 1. The number of rotatable bonds is 10. The molecule has 0 aliphatic rings. The Morgan fingerprint density at radius 2 is 1.92 bits per heavy atom. The van der Waals surface area contributed by atoms with E-state index in [1.807, 2.05) is 6.92 Å². The van der Waals surface area contributed by atoms with Crippen LogP contribution >= 0.6 is 23.2 Å². The molecular weight excluding hydrogens is 521 g/mol. The van der Waals surface area contributed by atoms with Crippen LogP contribution < -0.4 is 10.1 Å². The van der Waals surface area contributed by atoms with E-state index in [-0.39, 0.29) is 24.4 Å². The summed E-state index contributed by atoms with van der Waals surface area (Å²) in [6, 6.07) is 3.43. The van der Waals surface area contributed by atoms with Crippen molar-refractivity contribution < 1.29 is 23.8 Å². The van der Waals surface area contributed by atoms with Crippen molar-refractivity contribution in [2.75, 3.05) is 11.9 Å². The van der Waals surface area contributed by atoms with Crippen LogP contribution in [0.25, 0.3) is 11.2 Å². The van der Waals surface area contributed by atoms with Crippen LogP contribution in [0.4, 0.5) is 10.6 Å². The third-order valence-corrected chi connectivity index (χ3v) is 5.97. The number of carbonyl (C=O) groups excluding carboxylic acids is 2. The first kappa shape index (κ1) is 28.5. The molecule has 12 heteroatoms. The van der Waals surface area contributed by atoms with E-state index >= 15 is 0 Å². The molecule has 0 aliphatic carbocycles. The zero-order chi connectivity index (χ0) is 27.2. The predicted molar refractivity (Wildman–Crippen MR) is 141 cm³/mol. The molecule has 3 rings (SSSR count). The minimum atomic E-state index is -0.661. The zero-order valence-corrected chi connectivity index (χ0v) is 23.0. The van der Waals surface area contributed by atoms with Gasteiger partial charge in [-0.2, -0.15) is 0 Å². The van der Waals surface area contributed by atoms with Gasteiger partial charge < -0.3 is 18.8 Å². The number of hydrogen-bond donors (Lipinski definition) is 1. The van der Waals surface area contributed by atoms with Crippen LogP contribution in [0, 0.1) is 0 Å². The van der Waals surface area contributed by atoms with Crippen LogP contribution in [0.1, 0.15) is 59.4 Å². The third-order valence-electron chi connectivity index (χ3n) is 5.13. The van der Waals surface area contributed by atoms with Gasteiger partial charge in [0.2, 0.25) is 0 Å². The number of hydrogen-bond acceptors (Lipinski definition) is 8. The van der Waals surface area contributed by atoms with Crippen molar-refractivity contribution in [2.45, 2.75) is 72.1 Å². The summed E-state index contributed by atoms with van der Waals surface area (Å²) in [5, 5.41) is 3.35. The van der Waals surface area contributed by atoms with E-state index in [0.29, 0.717) is 58.4 Å². The number of halogens is 2. The van der Waals surface area contributed by atoms with Gasteiger partial charge in [0, 0.05) is 12.0 Å². The first-order valence-electron chi connectivity index (χ1n) is 11.9. The van der Waals surface area contributed by atoms with Crippen molar-refractivity contribution in [2.24, 2.45) is 0 Å². The molecule has 0 saturated heterocycles. The lowest BCUT2D eigenvalue weighted by Gasteiger charge is -2.19. The van der Waals surface area contributed by atoms with E-state index in [4.69, 9.17) is 37.4 Å². The minimum absolute atomic E-state index is 0.183. The first-order valence-corrected chi connectivity index (χ1v) is 12.7. The molecule has 0 saturated carbocycles. The molecule has 1 aromatic carbocycles. The lowest BCUT2D eigenvalue weighted by Crippen LogP contribution is -2.27. The summed E-state index contributed by atoms with van der Waals surface area (Å²) in [4.78, 5) is 36.7. The van der Waals surface area contributed by atoms with E-state index in [0.717, 1.165) is 0 Å². The molecule has 0 radical (unpaired) electrons. The van der Waals surface area contributed by atoms with Crippen LogP contribution in [0.15, 0.2) is 24.8 Å². The van der Waals surface area contributed by atoms with E-state index in [1.165, 1.54) is 6.33 Å². The number of imidazole rings is 1. The van der Waals surface area contributed by atoms with Crippen LogP contribution in [-0.2, 0) is 20.8 Å². The largest absolute Gasteiger partial charge is 0.490 e. The second-order valence-corrected chi connectivity index (χ2v) is 10.1. The van der Waals surface area contributed by atoms with Gasteiger partial charge >= 0.3 is 12.1 Å². The molecule has 0 fully saturated rings. The van der Waals surface area contributed by atoms with Crippen LogP contribution in [-0.4, -0.2) is 49.9 Å². The quantitative estimate of drug-likeness (QED) is 0.303. The van der Waals surface area contributed by atoms with Crippen molar-refractivity contribution in [3.63, 3.8) is 0 Å².